The maximum atomic E-state index is 4.83. The topological polar surface area (TPSA) is 34.6 Å². The van der Waals surface area contributed by atoms with Crippen LogP contribution in [0.25, 0.3) is 33.9 Å². The Morgan fingerprint density at radius 2 is 1.14 bits per heavy atom. The molecule has 0 aliphatic heterocycles. The number of aromatic nitrogens is 4. The van der Waals surface area contributed by atoms with E-state index in [9.17, 15) is 0 Å². The SMILES string of the molecule is c1ccc(-c2cccc(-c3nn(-c4ccccc4)[n+](-c4ccccc4)n3)c2)cc1. The van der Waals surface area contributed by atoms with Crippen LogP contribution in [0.4, 0.5) is 0 Å². The number of para-hydroxylation sites is 2. The van der Waals surface area contributed by atoms with Crippen LogP contribution in [0.3, 0.4) is 0 Å². The molecule has 0 aliphatic carbocycles. The van der Waals surface area contributed by atoms with Crippen molar-refractivity contribution >= 4 is 0 Å². The molecule has 0 radical (unpaired) electrons. The van der Waals surface area contributed by atoms with Gasteiger partial charge in [-0.25, -0.2) is 0 Å². The van der Waals surface area contributed by atoms with E-state index in [2.05, 4.69) is 24.3 Å². The Morgan fingerprint density at radius 1 is 0.552 bits per heavy atom. The molecule has 138 valence electrons. The first kappa shape index (κ1) is 17.1. The van der Waals surface area contributed by atoms with Gasteiger partial charge < -0.3 is 0 Å². The van der Waals surface area contributed by atoms with Gasteiger partial charge in [0.2, 0.25) is 0 Å². The van der Waals surface area contributed by atoms with E-state index in [-0.39, 0.29) is 0 Å². The monoisotopic (exact) mass is 375 g/mol. The van der Waals surface area contributed by atoms with Gasteiger partial charge in [0, 0.05) is 4.80 Å². The molecule has 4 aromatic carbocycles. The van der Waals surface area contributed by atoms with E-state index in [1.54, 1.807) is 0 Å². The first-order valence-corrected chi connectivity index (χ1v) is 9.55. The molecule has 4 heteroatoms. The lowest BCUT2D eigenvalue weighted by atomic mass is 10.0. The quantitative estimate of drug-likeness (QED) is 0.420. The third-order valence-electron chi connectivity index (χ3n) is 4.76. The Bertz CT molecular complexity index is 1170. The maximum absolute atomic E-state index is 4.83. The minimum Gasteiger partial charge on any atom is -0.0622 e. The third kappa shape index (κ3) is 3.44. The molecule has 0 atom stereocenters. The molecule has 4 nitrogen and oxygen atoms in total. The molecule has 0 amide bonds. The van der Waals surface area contributed by atoms with Crippen LogP contribution in [0.15, 0.2) is 115 Å². The summed E-state index contributed by atoms with van der Waals surface area (Å²) in [6.07, 6.45) is 0. The van der Waals surface area contributed by atoms with E-state index < -0.39 is 0 Å². The lowest BCUT2D eigenvalue weighted by Gasteiger charge is -2.01. The summed E-state index contributed by atoms with van der Waals surface area (Å²) in [6.45, 7) is 0. The highest BCUT2D eigenvalue weighted by molar-refractivity contribution is 5.69. The average molecular weight is 375 g/mol. The average Bonchev–Trinajstić information content (AvgIpc) is 3.27. The summed E-state index contributed by atoms with van der Waals surface area (Å²) in [5.41, 5.74) is 5.20. The number of hydrogen-bond donors (Lipinski definition) is 0. The fraction of sp³-hybridized carbons (Fsp3) is 0. The van der Waals surface area contributed by atoms with Crippen LogP contribution in [0.1, 0.15) is 0 Å². The Hall–Kier alpha value is -4.05. The maximum Gasteiger partial charge on any atom is 0.340 e. The predicted octanol–water partition coefficient (Wildman–Crippen LogP) is 4.88. The highest BCUT2D eigenvalue weighted by atomic mass is 15.7. The minimum atomic E-state index is 0.676. The van der Waals surface area contributed by atoms with Crippen LogP contribution < -0.4 is 4.80 Å². The minimum absolute atomic E-state index is 0.676. The first-order chi connectivity index (χ1) is 14.4. The van der Waals surface area contributed by atoms with Crippen molar-refractivity contribution < 1.29 is 4.80 Å². The Balaban J connectivity index is 1.65. The molecular formula is C25H19N4+. The van der Waals surface area contributed by atoms with Crippen molar-refractivity contribution in [2.75, 3.05) is 0 Å². The summed E-state index contributed by atoms with van der Waals surface area (Å²) >= 11 is 0. The fourth-order valence-corrected chi connectivity index (χ4v) is 3.32. The van der Waals surface area contributed by atoms with Crippen molar-refractivity contribution in [1.82, 2.24) is 15.0 Å². The van der Waals surface area contributed by atoms with E-state index in [4.69, 9.17) is 10.2 Å². The van der Waals surface area contributed by atoms with Gasteiger partial charge in [-0.15, -0.1) is 0 Å². The number of benzene rings is 4. The molecule has 1 aromatic heterocycles. The third-order valence-corrected chi connectivity index (χ3v) is 4.76. The molecule has 0 aliphatic rings. The molecule has 0 fully saturated rings. The van der Waals surface area contributed by atoms with Crippen molar-refractivity contribution in [2.45, 2.75) is 0 Å². The van der Waals surface area contributed by atoms with Crippen LogP contribution in [0.5, 0.6) is 0 Å². The van der Waals surface area contributed by atoms with Crippen molar-refractivity contribution in [3.05, 3.63) is 115 Å². The molecule has 0 saturated heterocycles. The van der Waals surface area contributed by atoms with Crippen LogP contribution in [0.2, 0.25) is 0 Å². The second kappa shape index (κ2) is 7.52. The number of nitrogens with zero attached hydrogens (tertiary/aromatic N) is 4. The van der Waals surface area contributed by atoms with Crippen molar-refractivity contribution in [3.63, 3.8) is 0 Å². The van der Waals surface area contributed by atoms with Gasteiger partial charge in [0.05, 0.1) is 10.7 Å². The van der Waals surface area contributed by atoms with Gasteiger partial charge in [-0.05, 0) is 57.4 Å². The second-order valence-corrected chi connectivity index (χ2v) is 6.72. The zero-order valence-corrected chi connectivity index (χ0v) is 15.8. The van der Waals surface area contributed by atoms with E-state index in [0.717, 1.165) is 22.5 Å². The van der Waals surface area contributed by atoms with Gasteiger partial charge >= 0.3 is 5.82 Å². The number of hydrogen-bond acceptors (Lipinski definition) is 2. The van der Waals surface area contributed by atoms with E-state index in [1.807, 2.05) is 101 Å². The van der Waals surface area contributed by atoms with Crippen LogP contribution in [-0.4, -0.2) is 15.0 Å². The number of tetrazole rings is 1. The van der Waals surface area contributed by atoms with Gasteiger partial charge in [0.1, 0.15) is 5.69 Å². The first-order valence-electron chi connectivity index (χ1n) is 9.55. The highest BCUT2D eigenvalue weighted by Crippen LogP contribution is 2.24. The summed E-state index contributed by atoms with van der Waals surface area (Å²) < 4.78 is 0. The molecular weight excluding hydrogens is 356 g/mol. The molecule has 0 saturated carbocycles. The standard InChI is InChI=1S/C25H19N4/c1-4-11-20(12-5-1)21-13-10-14-22(19-21)25-26-28(23-15-6-2-7-16-23)29(27-25)24-17-8-3-9-18-24/h1-19H/q+1. The second-order valence-electron chi connectivity index (χ2n) is 6.72. The van der Waals surface area contributed by atoms with Gasteiger partial charge in [0.25, 0.3) is 0 Å². The largest absolute Gasteiger partial charge is 0.340 e. The predicted molar refractivity (Wildman–Crippen MR) is 114 cm³/mol. The summed E-state index contributed by atoms with van der Waals surface area (Å²) in [5, 5.41) is 9.66. The fourth-order valence-electron chi connectivity index (χ4n) is 3.32. The van der Waals surface area contributed by atoms with E-state index in [0.29, 0.717) is 5.82 Å². The molecule has 5 aromatic rings. The van der Waals surface area contributed by atoms with Crippen molar-refractivity contribution in [1.29, 1.82) is 0 Å². The Kier molecular flexibility index (Phi) is 4.43. The van der Waals surface area contributed by atoms with Crippen LogP contribution >= 0.6 is 0 Å². The molecule has 29 heavy (non-hydrogen) atoms. The number of rotatable bonds is 4. The Labute approximate surface area is 169 Å². The smallest absolute Gasteiger partial charge is 0.0622 e. The summed E-state index contributed by atoms with van der Waals surface area (Å²) in [4.78, 5) is 3.67. The summed E-state index contributed by atoms with van der Waals surface area (Å²) in [7, 11) is 0. The summed E-state index contributed by atoms with van der Waals surface area (Å²) in [5.74, 6) is 0.676. The van der Waals surface area contributed by atoms with E-state index in [1.165, 1.54) is 5.56 Å². The molecule has 1 heterocycles. The van der Waals surface area contributed by atoms with Gasteiger partial charge in [-0.2, -0.15) is 0 Å². The van der Waals surface area contributed by atoms with Crippen LogP contribution in [0, 0.1) is 0 Å². The molecule has 0 spiro atoms. The van der Waals surface area contributed by atoms with Crippen molar-refractivity contribution in [3.8, 4) is 33.9 Å². The van der Waals surface area contributed by atoms with Gasteiger partial charge in [-0.1, -0.05) is 78.9 Å². The summed E-state index contributed by atoms with van der Waals surface area (Å²) in [6, 6.07) is 38.8. The molecule has 0 N–H and O–H groups in total. The zero-order valence-electron chi connectivity index (χ0n) is 15.8. The van der Waals surface area contributed by atoms with Crippen LogP contribution in [-0.2, 0) is 0 Å². The molecule has 0 unspecified atom stereocenters. The van der Waals surface area contributed by atoms with E-state index >= 15 is 0 Å². The molecule has 5 rings (SSSR count). The molecule has 0 bridgehead atoms. The van der Waals surface area contributed by atoms with Gasteiger partial charge in [-0.3, -0.25) is 0 Å². The normalized spacial score (nSPS) is 10.8. The lowest BCUT2D eigenvalue weighted by molar-refractivity contribution is -0.734. The van der Waals surface area contributed by atoms with Crippen molar-refractivity contribution in [2.24, 2.45) is 0 Å². The highest BCUT2D eigenvalue weighted by Gasteiger charge is 2.23. The van der Waals surface area contributed by atoms with Gasteiger partial charge in [0.15, 0.2) is 5.69 Å². The Morgan fingerprint density at radius 3 is 1.86 bits per heavy atom. The lowest BCUT2D eigenvalue weighted by Crippen LogP contribution is -2.43. The zero-order chi connectivity index (χ0) is 19.5.